The molecule has 0 saturated carbocycles. The maximum Gasteiger partial charge on any atom is 0.230 e. The van der Waals surface area contributed by atoms with Gasteiger partial charge in [0, 0.05) is 37.6 Å². The zero-order valence-corrected chi connectivity index (χ0v) is 15.9. The fourth-order valence-electron chi connectivity index (χ4n) is 2.47. The monoisotopic (exact) mass is 398 g/mol. The van der Waals surface area contributed by atoms with Crippen molar-refractivity contribution in [2.24, 2.45) is 5.92 Å². The van der Waals surface area contributed by atoms with Crippen molar-refractivity contribution >= 4 is 51.3 Å². The van der Waals surface area contributed by atoms with E-state index in [0.29, 0.717) is 0 Å². The van der Waals surface area contributed by atoms with Crippen LogP contribution in [0.2, 0.25) is 0 Å². The maximum absolute atomic E-state index is 9.63. The summed E-state index contributed by atoms with van der Waals surface area (Å²) in [5.74, 6) is -9.44. The molecular formula is C19H18N4O6-2. The Hall–Kier alpha value is -3.95. The number of anilines is 2. The fraction of sp³-hybridized carbons (Fsp3) is 0.211. The third-order valence-electron chi connectivity index (χ3n) is 4.10. The third kappa shape index (κ3) is 4.86. The number of nitrogens with zero attached hydrogens (tertiary/aromatic N) is 2. The summed E-state index contributed by atoms with van der Waals surface area (Å²) in [7, 11) is 4.04. The second-order valence-electron chi connectivity index (χ2n) is 6.45. The molecule has 3 rings (SSSR count). The molecule has 29 heavy (non-hydrogen) atoms. The lowest BCUT2D eigenvalue weighted by molar-refractivity contribution is -0.347. The molecule has 3 N–H and O–H groups in total. The number of fused-ring (bicyclic) bond motifs is 2. The second kappa shape index (κ2) is 8.38. The van der Waals surface area contributed by atoms with Crippen LogP contribution in [0.3, 0.4) is 0 Å². The van der Waals surface area contributed by atoms with E-state index in [-0.39, 0.29) is 0 Å². The number of nitrogens with two attached hydrogens (primary N) is 1. The van der Waals surface area contributed by atoms with Crippen molar-refractivity contribution in [3.05, 3.63) is 35.9 Å². The molecule has 1 heterocycles. The van der Waals surface area contributed by atoms with Gasteiger partial charge in [-0.1, -0.05) is 0 Å². The molecule has 0 atom stereocenters. The number of nitrogens with one attached hydrogen (secondary N) is 1. The Labute approximate surface area is 165 Å². The number of carbonyl (C=O) groups is 3. The Bertz CT molecular complexity index is 1080. The van der Waals surface area contributed by atoms with E-state index in [9.17, 15) is 29.7 Å². The van der Waals surface area contributed by atoms with Gasteiger partial charge in [0.15, 0.2) is 0 Å². The van der Waals surface area contributed by atoms with Crippen molar-refractivity contribution in [1.29, 1.82) is 0 Å². The maximum atomic E-state index is 9.63. The molecule has 0 aliphatic carbocycles. The van der Waals surface area contributed by atoms with E-state index in [4.69, 9.17) is 5.73 Å². The van der Waals surface area contributed by atoms with E-state index in [0.717, 1.165) is 39.0 Å². The molecule has 0 fully saturated rings. The summed E-state index contributed by atoms with van der Waals surface area (Å²) < 4.78 is 0. The number of H-pyrrole nitrogens is 1. The highest BCUT2D eigenvalue weighted by molar-refractivity contribution is 6.08. The van der Waals surface area contributed by atoms with E-state index in [1.165, 1.54) is 0 Å². The van der Waals surface area contributed by atoms with Crippen LogP contribution in [0, 0.1) is 12.8 Å². The van der Waals surface area contributed by atoms with Gasteiger partial charge in [-0.25, -0.2) is 9.97 Å². The number of nitrogen functional groups attached to an aromatic ring is 1. The van der Waals surface area contributed by atoms with Crippen LogP contribution in [0.4, 0.5) is 11.4 Å². The Morgan fingerprint density at radius 3 is 2.00 bits per heavy atom. The SMILES string of the molecule is Cc1cc2[nH+]c3ccc(N(C)C)cc3nc2cc1N.O=C([O-])C(C(=O)[O-])C(=O)[O-]. The van der Waals surface area contributed by atoms with Crippen LogP contribution < -0.4 is 30.9 Å². The van der Waals surface area contributed by atoms with E-state index in [1.807, 2.05) is 33.2 Å². The minimum atomic E-state index is -2.69. The molecule has 10 nitrogen and oxygen atoms in total. The number of carboxylic acids is 3. The standard InChI is InChI=1S/C15H16N4.C4H4O6/c1-9-6-13-15(8-11(9)16)18-14-7-10(19(2)3)4-5-12(14)17-13;5-2(6)1(3(7)8)4(9)10/h4-8H,16H2,1-3H3;1H,(H,5,6)(H,7,8)(H,9,10)/p-2. The third-order valence-corrected chi connectivity index (χ3v) is 4.10. The number of hydrogen-bond acceptors (Lipinski definition) is 9. The van der Waals surface area contributed by atoms with Crippen molar-refractivity contribution in [2.75, 3.05) is 24.7 Å². The van der Waals surface area contributed by atoms with Crippen LogP contribution >= 0.6 is 0 Å². The van der Waals surface area contributed by atoms with Crippen molar-refractivity contribution in [1.82, 2.24) is 4.98 Å². The van der Waals surface area contributed by atoms with Crippen LogP contribution in [-0.2, 0) is 14.4 Å². The molecule has 0 unspecified atom stereocenters. The molecule has 0 bridgehead atoms. The number of benzene rings is 2. The zero-order chi connectivity index (χ0) is 21.9. The average molecular weight is 398 g/mol. The van der Waals surface area contributed by atoms with Gasteiger partial charge in [-0.05, 0) is 30.7 Å². The predicted molar refractivity (Wildman–Crippen MR) is 97.8 cm³/mol. The van der Waals surface area contributed by atoms with Crippen molar-refractivity contribution in [2.45, 2.75) is 6.92 Å². The van der Waals surface area contributed by atoms with E-state index < -0.39 is 23.8 Å². The summed E-state index contributed by atoms with van der Waals surface area (Å²) in [5.41, 5.74) is 12.8. The number of aromatic nitrogens is 2. The first-order chi connectivity index (χ1) is 13.5. The smallest absolute Gasteiger partial charge is 0.230 e. The summed E-state index contributed by atoms with van der Waals surface area (Å²) in [5, 5.41) is 28.9. The summed E-state index contributed by atoms with van der Waals surface area (Å²) in [6, 6.07) is 10.2. The van der Waals surface area contributed by atoms with E-state index >= 15 is 0 Å². The highest BCUT2D eigenvalue weighted by Gasteiger charge is 2.12. The zero-order valence-electron chi connectivity index (χ0n) is 15.9. The molecule has 1 aromatic heterocycles. The Kier molecular flexibility index (Phi) is 6.17. The molecule has 152 valence electrons. The summed E-state index contributed by atoms with van der Waals surface area (Å²) in [6.07, 6.45) is 0. The van der Waals surface area contributed by atoms with Crippen LogP contribution in [0.5, 0.6) is 0 Å². The van der Waals surface area contributed by atoms with Gasteiger partial charge in [-0.3, -0.25) is 0 Å². The minimum Gasteiger partial charge on any atom is -0.549 e. The molecule has 0 aliphatic heterocycles. The topological polar surface area (TPSA) is 177 Å². The summed E-state index contributed by atoms with van der Waals surface area (Å²) in [4.78, 5) is 39.0. The number of aryl methyl sites for hydroxylation is 1. The van der Waals surface area contributed by atoms with Crippen molar-refractivity contribution < 1.29 is 34.7 Å². The molecule has 2 aromatic carbocycles. The van der Waals surface area contributed by atoms with Crippen molar-refractivity contribution in [3.8, 4) is 0 Å². The first-order valence-corrected chi connectivity index (χ1v) is 8.34. The van der Waals surface area contributed by atoms with Crippen LogP contribution in [-0.4, -0.2) is 37.0 Å². The van der Waals surface area contributed by atoms with E-state index in [2.05, 4.69) is 33.1 Å². The van der Waals surface area contributed by atoms with Crippen LogP contribution in [0.15, 0.2) is 30.3 Å². The lowest BCUT2D eigenvalue weighted by atomic mass is 10.1. The first kappa shape index (κ1) is 21.4. The minimum absolute atomic E-state index is 0.775. The normalized spacial score (nSPS) is 10.5. The number of aromatic amines is 1. The predicted octanol–water partition coefficient (Wildman–Crippen LogP) is -2.99. The summed E-state index contributed by atoms with van der Waals surface area (Å²) >= 11 is 0. The average Bonchev–Trinajstić information content (AvgIpc) is 2.60. The number of hydrogen-bond donors (Lipinski definition) is 1. The molecule has 0 amide bonds. The van der Waals surface area contributed by atoms with Gasteiger partial charge < -0.3 is 40.3 Å². The quantitative estimate of drug-likeness (QED) is 0.273. The molecule has 0 radical (unpaired) electrons. The second-order valence-corrected chi connectivity index (χ2v) is 6.45. The number of carboxylic acid groups (broad SMARTS) is 3. The highest BCUT2D eigenvalue weighted by Crippen LogP contribution is 2.21. The van der Waals surface area contributed by atoms with Gasteiger partial charge in [0.25, 0.3) is 0 Å². The Morgan fingerprint density at radius 1 is 0.966 bits per heavy atom. The lowest BCUT2D eigenvalue weighted by Crippen LogP contribution is -2.52. The number of rotatable bonds is 4. The molecule has 3 aromatic rings. The van der Waals surface area contributed by atoms with Gasteiger partial charge >= 0.3 is 0 Å². The van der Waals surface area contributed by atoms with Crippen LogP contribution in [0.1, 0.15) is 5.56 Å². The summed E-state index contributed by atoms with van der Waals surface area (Å²) in [6.45, 7) is 2.00. The number of carbonyl (C=O) groups excluding carboxylic acids is 3. The van der Waals surface area contributed by atoms with Gasteiger partial charge in [-0.15, -0.1) is 0 Å². The molecular weight excluding hydrogens is 380 g/mol. The molecule has 0 spiro atoms. The number of aliphatic carboxylic acids is 3. The Morgan fingerprint density at radius 2 is 1.52 bits per heavy atom. The molecule has 10 heteroatoms. The van der Waals surface area contributed by atoms with Gasteiger partial charge in [-0.2, -0.15) is 0 Å². The first-order valence-electron chi connectivity index (χ1n) is 8.34. The van der Waals surface area contributed by atoms with Crippen molar-refractivity contribution in [3.63, 3.8) is 0 Å². The van der Waals surface area contributed by atoms with E-state index in [1.54, 1.807) is 0 Å². The van der Waals surface area contributed by atoms with Gasteiger partial charge in [0.1, 0.15) is 11.0 Å². The van der Waals surface area contributed by atoms with Crippen LogP contribution in [0.25, 0.3) is 22.1 Å². The molecule has 0 aliphatic rings. The highest BCUT2D eigenvalue weighted by atomic mass is 16.4. The van der Waals surface area contributed by atoms with Gasteiger partial charge in [0.05, 0.1) is 23.8 Å². The molecule has 0 saturated heterocycles. The lowest BCUT2D eigenvalue weighted by Gasteiger charge is -2.18. The van der Waals surface area contributed by atoms with Gasteiger partial charge in [0.2, 0.25) is 11.0 Å². The fourth-order valence-corrected chi connectivity index (χ4v) is 2.47. The Balaban J connectivity index is 0.000000257. The largest absolute Gasteiger partial charge is 0.549 e.